The number of carbonyl (C=O) groups excluding carboxylic acids is 1. The Kier molecular flexibility index (Phi) is 7.15. The highest BCUT2D eigenvalue weighted by Crippen LogP contribution is 2.30. The second-order valence-corrected chi connectivity index (χ2v) is 9.65. The largest absolute Gasteiger partial charge is 0.392 e. The minimum atomic E-state index is -3.93. The molecule has 1 aromatic carbocycles. The molecule has 0 aliphatic heterocycles. The van der Waals surface area contributed by atoms with Gasteiger partial charge in [-0.2, -0.15) is 0 Å². The van der Waals surface area contributed by atoms with Gasteiger partial charge in [-0.1, -0.05) is 11.6 Å². The van der Waals surface area contributed by atoms with Crippen molar-refractivity contribution in [1.29, 1.82) is 0 Å². The first-order valence-corrected chi connectivity index (χ1v) is 11.8. The highest BCUT2D eigenvalue weighted by atomic mass is 35.5. The fraction of sp³-hybridized carbons (Fsp3) is 0.190. The second-order valence-electron chi connectivity index (χ2n) is 7.26. The predicted molar refractivity (Wildman–Crippen MR) is 122 cm³/mol. The van der Waals surface area contributed by atoms with E-state index in [0.717, 1.165) is 12.3 Å². The van der Waals surface area contributed by atoms with E-state index in [1.165, 1.54) is 43.6 Å². The van der Waals surface area contributed by atoms with E-state index in [1.54, 1.807) is 0 Å². The number of aliphatic hydroxyl groups is 1. The molecule has 0 saturated carbocycles. The smallest absolute Gasteiger partial charge is 0.257 e. The number of H-pyrrole nitrogens is 1. The second kappa shape index (κ2) is 9.69. The molecular formula is C21H20ClFN4O5S. The zero-order chi connectivity index (χ0) is 24.3. The Morgan fingerprint density at radius 3 is 2.64 bits per heavy atom. The lowest BCUT2D eigenvalue weighted by Crippen LogP contribution is -2.31. The van der Waals surface area contributed by atoms with E-state index in [1.807, 2.05) is 0 Å². The Bertz CT molecular complexity index is 1380. The molecule has 1 amide bonds. The van der Waals surface area contributed by atoms with Gasteiger partial charge in [0.15, 0.2) is 14.9 Å². The highest BCUT2D eigenvalue weighted by Gasteiger charge is 2.21. The van der Waals surface area contributed by atoms with E-state index in [-0.39, 0.29) is 39.6 Å². The lowest BCUT2D eigenvalue weighted by Gasteiger charge is -2.16. The van der Waals surface area contributed by atoms with Crippen LogP contribution in [0.25, 0.3) is 11.1 Å². The number of pyridine rings is 2. The number of halogens is 2. The molecule has 33 heavy (non-hydrogen) atoms. The van der Waals surface area contributed by atoms with E-state index >= 15 is 0 Å². The normalized spacial score (nSPS) is 12.3. The van der Waals surface area contributed by atoms with Crippen molar-refractivity contribution < 1.29 is 22.7 Å². The maximum absolute atomic E-state index is 14.4. The Morgan fingerprint density at radius 2 is 1.97 bits per heavy atom. The molecule has 0 aliphatic rings. The van der Waals surface area contributed by atoms with Crippen LogP contribution in [0.2, 0.25) is 5.02 Å². The van der Waals surface area contributed by atoms with Gasteiger partial charge in [-0.3, -0.25) is 14.6 Å². The van der Waals surface area contributed by atoms with Crippen molar-refractivity contribution in [3.05, 3.63) is 69.5 Å². The lowest BCUT2D eigenvalue weighted by atomic mass is 10.1. The van der Waals surface area contributed by atoms with Gasteiger partial charge < -0.3 is 20.7 Å². The van der Waals surface area contributed by atoms with Crippen molar-refractivity contribution in [2.45, 2.75) is 18.1 Å². The minimum absolute atomic E-state index is 0.0153. The third-order valence-electron chi connectivity index (χ3n) is 4.49. The van der Waals surface area contributed by atoms with Gasteiger partial charge in [0, 0.05) is 35.8 Å². The van der Waals surface area contributed by atoms with Gasteiger partial charge >= 0.3 is 0 Å². The number of amides is 1. The summed E-state index contributed by atoms with van der Waals surface area (Å²) in [7, 11) is -3.93. The number of nitrogens with zero attached hydrogens (tertiary/aromatic N) is 1. The van der Waals surface area contributed by atoms with Gasteiger partial charge in [-0.15, -0.1) is 0 Å². The summed E-state index contributed by atoms with van der Waals surface area (Å²) >= 11 is 5.94. The van der Waals surface area contributed by atoms with Crippen molar-refractivity contribution in [2.24, 2.45) is 0 Å². The molecule has 1 unspecified atom stereocenters. The van der Waals surface area contributed by atoms with E-state index in [9.17, 15) is 27.5 Å². The summed E-state index contributed by atoms with van der Waals surface area (Å²) in [6.45, 7) is 1.48. The van der Waals surface area contributed by atoms with Crippen LogP contribution in [0, 0.1) is 5.82 Å². The molecule has 0 aliphatic carbocycles. The molecule has 174 valence electrons. The highest BCUT2D eigenvalue weighted by molar-refractivity contribution is 7.90. The summed E-state index contributed by atoms with van der Waals surface area (Å²) in [4.78, 5) is 31.3. The average Bonchev–Trinajstić information content (AvgIpc) is 2.74. The molecule has 0 bridgehead atoms. The number of sulfone groups is 1. The number of aliphatic hydroxyl groups excluding tert-OH is 1. The van der Waals surface area contributed by atoms with Gasteiger partial charge in [-0.05, 0) is 37.3 Å². The summed E-state index contributed by atoms with van der Waals surface area (Å²) in [5, 5.41) is 14.5. The number of nitrogens with one attached hydrogen (secondary N) is 3. The molecule has 4 N–H and O–H groups in total. The molecular weight excluding hydrogens is 475 g/mol. The first kappa shape index (κ1) is 24.4. The predicted octanol–water partition coefficient (Wildman–Crippen LogP) is 2.49. The maximum Gasteiger partial charge on any atom is 0.257 e. The van der Waals surface area contributed by atoms with Crippen LogP contribution in [0.1, 0.15) is 17.3 Å². The maximum atomic E-state index is 14.4. The van der Waals surface area contributed by atoms with E-state index in [2.05, 4.69) is 20.6 Å². The molecule has 3 rings (SSSR count). The van der Waals surface area contributed by atoms with Crippen molar-refractivity contribution in [1.82, 2.24) is 15.3 Å². The topological polar surface area (TPSA) is 141 Å². The van der Waals surface area contributed by atoms with Crippen LogP contribution in [0.3, 0.4) is 0 Å². The van der Waals surface area contributed by atoms with Crippen LogP contribution >= 0.6 is 11.6 Å². The summed E-state index contributed by atoms with van der Waals surface area (Å²) in [6, 6.07) is 6.23. The zero-order valence-electron chi connectivity index (χ0n) is 17.5. The van der Waals surface area contributed by atoms with Crippen LogP contribution in [0.4, 0.5) is 15.8 Å². The van der Waals surface area contributed by atoms with Gasteiger partial charge in [0.2, 0.25) is 0 Å². The van der Waals surface area contributed by atoms with Crippen LogP contribution in [-0.4, -0.2) is 48.3 Å². The number of rotatable bonds is 7. The summed E-state index contributed by atoms with van der Waals surface area (Å²) < 4.78 is 39.1. The van der Waals surface area contributed by atoms with Crippen LogP contribution < -0.4 is 16.2 Å². The van der Waals surface area contributed by atoms with Gasteiger partial charge in [0.1, 0.15) is 5.82 Å². The Balaban J connectivity index is 2.15. The molecule has 2 heterocycles. The van der Waals surface area contributed by atoms with Gasteiger partial charge in [0.05, 0.1) is 28.6 Å². The van der Waals surface area contributed by atoms with Crippen molar-refractivity contribution in [2.75, 3.05) is 18.1 Å². The SMILES string of the molecule is CC(O)CNC(=O)c1cnccc1Nc1cc(-c2cc(Cl)ccc2F)c(=O)[nH]c1S(C)(=O)=O. The average molecular weight is 495 g/mol. The Labute approximate surface area is 193 Å². The summed E-state index contributed by atoms with van der Waals surface area (Å²) in [5.74, 6) is -1.30. The number of aromatic amines is 1. The molecule has 0 radical (unpaired) electrons. The number of anilines is 2. The van der Waals surface area contributed by atoms with Crippen LogP contribution in [0.15, 0.2) is 52.5 Å². The van der Waals surface area contributed by atoms with E-state index in [0.29, 0.717) is 0 Å². The number of hydrogen-bond donors (Lipinski definition) is 4. The third-order valence-corrected chi connectivity index (χ3v) is 5.79. The van der Waals surface area contributed by atoms with E-state index < -0.39 is 38.3 Å². The van der Waals surface area contributed by atoms with Gasteiger partial charge in [0.25, 0.3) is 11.5 Å². The fourth-order valence-corrected chi connectivity index (χ4v) is 3.93. The summed E-state index contributed by atoms with van der Waals surface area (Å²) in [6.07, 6.45) is 2.74. The lowest BCUT2D eigenvalue weighted by molar-refractivity contribution is 0.0924. The first-order valence-electron chi connectivity index (χ1n) is 9.57. The summed E-state index contributed by atoms with van der Waals surface area (Å²) in [5.41, 5.74) is -1.01. The molecule has 1 atom stereocenters. The van der Waals surface area contributed by atoms with E-state index in [4.69, 9.17) is 11.6 Å². The minimum Gasteiger partial charge on any atom is -0.392 e. The molecule has 0 fully saturated rings. The Morgan fingerprint density at radius 1 is 1.24 bits per heavy atom. The fourth-order valence-electron chi connectivity index (χ4n) is 2.97. The number of aromatic nitrogens is 2. The standard InChI is InChI=1S/C21H20ClFN4O5S/c1-11(28)9-25-19(29)15-10-24-6-5-17(15)26-18-8-14(13-7-12(22)3-4-16(13)23)20(30)27-21(18)33(2,31)32/h3-8,10-11,28H,9H2,1-2H3,(H,24,26)(H,25,29)(H,27,30). The number of carbonyl (C=O) groups is 1. The molecule has 3 aromatic rings. The van der Waals surface area contributed by atoms with Gasteiger partial charge in [-0.25, -0.2) is 12.8 Å². The molecule has 0 spiro atoms. The third kappa shape index (κ3) is 5.75. The number of hydrogen-bond acceptors (Lipinski definition) is 7. The Hall–Kier alpha value is -3.28. The molecule has 0 saturated heterocycles. The molecule has 2 aromatic heterocycles. The van der Waals surface area contributed by atoms with Crippen molar-refractivity contribution in [3.63, 3.8) is 0 Å². The van der Waals surface area contributed by atoms with Crippen molar-refractivity contribution in [3.8, 4) is 11.1 Å². The first-order chi connectivity index (χ1) is 15.5. The zero-order valence-corrected chi connectivity index (χ0v) is 19.1. The van der Waals surface area contributed by atoms with Crippen LogP contribution in [-0.2, 0) is 9.84 Å². The molecule has 9 nitrogen and oxygen atoms in total. The van der Waals surface area contributed by atoms with Crippen LogP contribution in [0.5, 0.6) is 0 Å². The molecule has 12 heteroatoms. The quantitative estimate of drug-likeness (QED) is 0.395. The monoisotopic (exact) mass is 494 g/mol. The number of benzene rings is 1. The van der Waals surface area contributed by atoms with Crippen molar-refractivity contribution >= 4 is 38.7 Å².